The molecule has 1 saturated heterocycles. The molecule has 31 heavy (non-hydrogen) atoms. The summed E-state index contributed by atoms with van der Waals surface area (Å²) in [4.78, 5) is 37.8. The number of carbonyl (C=O) groups excluding carboxylic acids is 2. The number of benzene rings is 1. The van der Waals surface area contributed by atoms with Gasteiger partial charge in [0, 0.05) is 24.5 Å². The average molecular weight is 415 g/mol. The number of para-hydroxylation sites is 1. The van der Waals surface area contributed by atoms with Crippen LogP contribution in [0.5, 0.6) is 0 Å². The Morgan fingerprint density at radius 2 is 2.10 bits per heavy atom. The molecule has 1 N–H and O–H groups in total. The Morgan fingerprint density at radius 3 is 2.90 bits per heavy atom. The summed E-state index contributed by atoms with van der Waals surface area (Å²) in [5.74, 6) is -0.0536. The SMILES string of the molecule is CCC[C@@H]1N(C(=O)c2cnc3c(c2)ncn3C2CC2)CC[C@]12C(=O)Nc1ccccc12. The summed E-state index contributed by atoms with van der Waals surface area (Å²) in [5.41, 5.74) is 3.35. The lowest BCUT2D eigenvalue weighted by molar-refractivity contribution is -0.121. The molecule has 2 aliphatic heterocycles. The topological polar surface area (TPSA) is 80.1 Å². The van der Waals surface area contributed by atoms with E-state index in [1.54, 1.807) is 6.20 Å². The molecule has 0 radical (unpaired) electrons. The number of likely N-dealkylation sites (tertiary alicyclic amines) is 1. The third-order valence-electron chi connectivity index (χ3n) is 7.18. The van der Waals surface area contributed by atoms with E-state index in [1.807, 2.05) is 41.6 Å². The summed E-state index contributed by atoms with van der Waals surface area (Å²) in [6.07, 6.45) is 8.13. The van der Waals surface area contributed by atoms with Gasteiger partial charge in [-0.25, -0.2) is 9.97 Å². The van der Waals surface area contributed by atoms with E-state index in [0.717, 1.165) is 48.1 Å². The number of nitrogens with one attached hydrogen (secondary N) is 1. The summed E-state index contributed by atoms with van der Waals surface area (Å²) in [7, 11) is 0. The molecule has 0 unspecified atom stereocenters. The highest BCUT2D eigenvalue weighted by atomic mass is 16.2. The Hall–Kier alpha value is -3.22. The highest BCUT2D eigenvalue weighted by Gasteiger charge is 2.58. The normalized spacial score (nSPS) is 24.7. The number of carbonyl (C=O) groups is 2. The van der Waals surface area contributed by atoms with Gasteiger partial charge in [-0.15, -0.1) is 0 Å². The van der Waals surface area contributed by atoms with Crippen LogP contribution in [0.2, 0.25) is 0 Å². The molecule has 2 aromatic heterocycles. The van der Waals surface area contributed by atoms with Crippen molar-refractivity contribution < 1.29 is 9.59 Å². The molecule has 4 heterocycles. The van der Waals surface area contributed by atoms with E-state index in [9.17, 15) is 9.59 Å². The van der Waals surface area contributed by atoms with Gasteiger partial charge in [0.25, 0.3) is 5.91 Å². The zero-order valence-corrected chi connectivity index (χ0v) is 17.5. The van der Waals surface area contributed by atoms with E-state index >= 15 is 0 Å². The molecule has 2 amide bonds. The van der Waals surface area contributed by atoms with Gasteiger partial charge in [-0.05, 0) is 43.4 Å². The van der Waals surface area contributed by atoms with Gasteiger partial charge >= 0.3 is 0 Å². The molecule has 1 aromatic carbocycles. The van der Waals surface area contributed by atoms with Crippen molar-refractivity contribution in [2.75, 3.05) is 11.9 Å². The van der Waals surface area contributed by atoms with E-state index in [4.69, 9.17) is 0 Å². The van der Waals surface area contributed by atoms with Crippen molar-refractivity contribution in [3.8, 4) is 0 Å². The van der Waals surface area contributed by atoms with Crippen LogP contribution in [-0.2, 0) is 10.2 Å². The Morgan fingerprint density at radius 1 is 1.26 bits per heavy atom. The van der Waals surface area contributed by atoms with Crippen molar-refractivity contribution in [3.05, 3.63) is 54.0 Å². The number of fused-ring (bicyclic) bond motifs is 3. The number of amides is 2. The third-order valence-corrected chi connectivity index (χ3v) is 7.18. The van der Waals surface area contributed by atoms with E-state index in [0.29, 0.717) is 24.6 Å². The Labute approximate surface area is 180 Å². The molecule has 1 aliphatic carbocycles. The monoisotopic (exact) mass is 415 g/mol. The lowest BCUT2D eigenvalue weighted by atomic mass is 9.73. The molecule has 7 nitrogen and oxygen atoms in total. The van der Waals surface area contributed by atoms with Gasteiger partial charge in [-0.3, -0.25) is 9.59 Å². The fourth-order valence-corrected chi connectivity index (χ4v) is 5.54. The maximum atomic E-state index is 13.6. The number of aromatic nitrogens is 3. The highest BCUT2D eigenvalue weighted by molar-refractivity contribution is 6.08. The van der Waals surface area contributed by atoms with Crippen LogP contribution in [-0.4, -0.2) is 43.8 Å². The second-order valence-corrected chi connectivity index (χ2v) is 8.97. The fourth-order valence-electron chi connectivity index (χ4n) is 5.54. The Bertz CT molecular complexity index is 1210. The number of pyridine rings is 1. The lowest BCUT2D eigenvalue weighted by Crippen LogP contribution is -2.48. The predicted octanol–water partition coefficient (Wildman–Crippen LogP) is 3.67. The maximum absolute atomic E-state index is 13.6. The molecular weight excluding hydrogens is 390 g/mol. The smallest absolute Gasteiger partial charge is 0.255 e. The Balaban J connectivity index is 1.37. The minimum absolute atomic E-state index is 0.0132. The van der Waals surface area contributed by atoms with Gasteiger partial charge in [0.1, 0.15) is 5.52 Å². The van der Waals surface area contributed by atoms with Gasteiger partial charge in [0.15, 0.2) is 5.65 Å². The molecule has 1 saturated carbocycles. The number of anilines is 1. The van der Waals surface area contributed by atoms with Crippen molar-refractivity contribution in [2.45, 2.75) is 56.5 Å². The molecule has 2 fully saturated rings. The van der Waals surface area contributed by atoms with Crippen molar-refractivity contribution in [2.24, 2.45) is 0 Å². The molecule has 158 valence electrons. The molecule has 0 bridgehead atoms. The summed E-state index contributed by atoms with van der Waals surface area (Å²) < 4.78 is 2.11. The summed E-state index contributed by atoms with van der Waals surface area (Å²) in [5, 5.41) is 3.06. The van der Waals surface area contributed by atoms with Crippen molar-refractivity contribution in [1.82, 2.24) is 19.4 Å². The number of imidazole rings is 1. The summed E-state index contributed by atoms with van der Waals surface area (Å²) >= 11 is 0. The minimum Gasteiger partial charge on any atom is -0.334 e. The summed E-state index contributed by atoms with van der Waals surface area (Å²) in [6, 6.07) is 10.1. The molecule has 3 aromatic rings. The lowest BCUT2D eigenvalue weighted by Gasteiger charge is -2.34. The average Bonchev–Trinajstić information content (AvgIpc) is 3.33. The van der Waals surface area contributed by atoms with Crippen LogP contribution in [0.4, 0.5) is 5.69 Å². The predicted molar refractivity (Wildman–Crippen MR) is 117 cm³/mol. The maximum Gasteiger partial charge on any atom is 0.255 e. The number of hydrogen-bond acceptors (Lipinski definition) is 4. The number of rotatable bonds is 4. The second kappa shape index (κ2) is 6.64. The molecule has 3 aliphatic rings. The van der Waals surface area contributed by atoms with Crippen LogP contribution in [0.15, 0.2) is 42.9 Å². The van der Waals surface area contributed by atoms with Gasteiger partial charge in [-0.2, -0.15) is 0 Å². The zero-order chi connectivity index (χ0) is 21.2. The van der Waals surface area contributed by atoms with Crippen LogP contribution >= 0.6 is 0 Å². The van der Waals surface area contributed by atoms with Crippen molar-refractivity contribution >= 4 is 28.7 Å². The molecular formula is C24H25N5O2. The number of nitrogens with zero attached hydrogens (tertiary/aromatic N) is 4. The summed E-state index contributed by atoms with van der Waals surface area (Å²) in [6.45, 7) is 2.66. The molecule has 6 rings (SSSR count). The first-order valence-electron chi connectivity index (χ1n) is 11.2. The van der Waals surface area contributed by atoms with E-state index < -0.39 is 5.41 Å². The van der Waals surface area contributed by atoms with Crippen LogP contribution in [0.25, 0.3) is 11.2 Å². The highest BCUT2D eigenvalue weighted by Crippen LogP contribution is 2.49. The van der Waals surface area contributed by atoms with Crippen LogP contribution < -0.4 is 5.32 Å². The first-order chi connectivity index (χ1) is 15.1. The van der Waals surface area contributed by atoms with E-state index in [1.165, 1.54) is 0 Å². The minimum atomic E-state index is -0.673. The Kier molecular flexibility index (Phi) is 3.97. The molecule has 1 spiro atoms. The number of hydrogen-bond donors (Lipinski definition) is 1. The quantitative estimate of drug-likeness (QED) is 0.705. The second-order valence-electron chi connectivity index (χ2n) is 8.97. The van der Waals surface area contributed by atoms with Crippen LogP contribution in [0, 0.1) is 0 Å². The van der Waals surface area contributed by atoms with Gasteiger partial charge < -0.3 is 14.8 Å². The third kappa shape index (κ3) is 2.58. The zero-order valence-electron chi connectivity index (χ0n) is 17.5. The van der Waals surface area contributed by atoms with Gasteiger partial charge in [0.2, 0.25) is 5.91 Å². The molecule has 2 atom stereocenters. The van der Waals surface area contributed by atoms with Crippen LogP contribution in [0.1, 0.15) is 61.0 Å². The molecule has 7 heteroatoms. The fraction of sp³-hybridized carbons (Fsp3) is 0.417. The van der Waals surface area contributed by atoms with Gasteiger partial charge in [0.05, 0.1) is 23.3 Å². The first kappa shape index (κ1) is 18.5. The van der Waals surface area contributed by atoms with Crippen LogP contribution in [0.3, 0.4) is 0 Å². The van der Waals surface area contributed by atoms with Crippen molar-refractivity contribution in [3.63, 3.8) is 0 Å². The largest absolute Gasteiger partial charge is 0.334 e. The van der Waals surface area contributed by atoms with Crippen molar-refractivity contribution in [1.29, 1.82) is 0 Å². The first-order valence-corrected chi connectivity index (χ1v) is 11.2. The van der Waals surface area contributed by atoms with Gasteiger partial charge in [-0.1, -0.05) is 31.5 Å². The van der Waals surface area contributed by atoms with E-state index in [-0.39, 0.29) is 17.9 Å². The van der Waals surface area contributed by atoms with E-state index in [2.05, 4.69) is 26.8 Å². The standard InChI is InChI=1S/C24H25N5O2/c1-2-5-20-24(17-6-3-4-7-18(17)27-23(24)31)10-11-28(20)22(30)15-12-19-21(25-13-15)29(14-26-19)16-8-9-16/h3-4,6-7,12-14,16,20H,2,5,8-11H2,1H3,(H,27,31)/t20-,24+/m0/s1.